The van der Waals surface area contributed by atoms with E-state index in [1.807, 2.05) is 72.8 Å². The van der Waals surface area contributed by atoms with E-state index in [0.29, 0.717) is 18.0 Å². The largest absolute Gasteiger partial charge is 0.493 e. The summed E-state index contributed by atoms with van der Waals surface area (Å²) in [4.78, 5) is 28.6. The lowest BCUT2D eigenvalue weighted by atomic mass is 10.1. The number of fused-ring (bicyclic) bond motifs is 1. The summed E-state index contributed by atoms with van der Waals surface area (Å²) in [5.74, 6) is 1.01. The van der Waals surface area contributed by atoms with Crippen molar-refractivity contribution in [1.29, 1.82) is 0 Å². The second-order valence-corrected chi connectivity index (χ2v) is 9.20. The minimum atomic E-state index is -0.173. The number of para-hydroxylation sites is 1. The van der Waals surface area contributed by atoms with Gasteiger partial charge in [-0.25, -0.2) is 0 Å². The highest BCUT2D eigenvalue weighted by molar-refractivity contribution is 7.99. The summed E-state index contributed by atoms with van der Waals surface area (Å²) in [6.45, 7) is 0.513. The van der Waals surface area contributed by atoms with Crippen LogP contribution in [0.5, 0.6) is 11.5 Å². The Bertz CT molecular complexity index is 1150. The molecule has 0 spiro atoms. The van der Waals surface area contributed by atoms with Gasteiger partial charge in [-0.15, -0.1) is 11.8 Å². The van der Waals surface area contributed by atoms with Gasteiger partial charge in [-0.05, 0) is 41.8 Å². The maximum Gasteiger partial charge on any atom is 0.240 e. The first-order chi connectivity index (χ1) is 16.6. The number of nitrogens with one attached hydrogen (secondary N) is 1. The van der Waals surface area contributed by atoms with Crippen molar-refractivity contribution in [2.75, 3.05) is 32.2 Å². The molecule has 3 aromatic rings. The SMILES string of the molecule is COc1ccc([C@@H]2CC(=O)N(CC(=O)NCCc3ccccc3)c3ccccc3S2)cc1OC. The first kappa shape index (κ1) is 23.7. The van der Waals surface area contributed by atoms with E-state index in [4.69, 9.17) is 9.47 Å². The van der Waals surface area contributed by atoms with Crippen molar-refractivity contribution < 1.29 is 19.1 Å². The molecular formula is C27H28N2O4S. The molecule has 7 heteroatoms. The molecule has 176 valence electrons. The number of hydrogen-bond donors (Lipinski definition) is 1. The quantitative estimate of drug-likeness (QED) is 0.513. The van der Waals surface area contributed by atoms with Crippen LogP contribution in [0, 0.1) is 0 Å². The van der Waals surface area contributed by atoms with Gasteiger partial charge >= 0.3 is 0 Å². The zero-order chi connectivity index (χ0) is 23.9. The predicted molar refractivity (Wildman–Crippen MR) is 135 cm³/mol. The van der Waals surface area contributed by atoms with Gasteiger partial charge in [-0.1, -0.05) is 48.5 Å². The number of nitrogens with zero attached hydrogens (tertiary/aromatic N) is 1. The summed E-state index contributed by atoms with van der Waals surface area (Å²) in [6, 6.07) is 23.5. The fourth-order valence-electron chi connectivity index (χ4n) is 3.98. The minimum absolute atomic E-state index is 0.0101. The number of hydrogen-bond acceptors (Lipinski definition) is 5. The first-order valence-electron chi connectivity index (χ1n) is 11.2. The molecule has 0 aromatic heterocycles. The molecule has 1 N–H and O–H groups in total. The van der Waals surface area contributed by atoms with Gasteiger partial charge in [0.15, 0.2) is 11.5 Å². The molecule has 0 unspecified atom stereocenters. The van der Waals surface area contributed by atoms with Crippen LogP contribution < -0.4 is 19.7 Å². The average molecular weight is 477 g/mol. The van der Waals surface area contributed by atoms with Gasteiger partial charge in [0.05, 0.1) is 19.9 Å². The summed E-state index contributed by atoms with van der Waals surface area (Å²) in [7, 11) is 3.20. The number of carbonyl (C=O) groups excluding carboxylic acids is 2. The molecule has 6 nitrogen and oxygen atoms in total. The van der Waals surface area contributed by atoms with Crippen LogP contribution in [-0.4, -0.2) is 39.1 Å². The molecule has 0 aliphatic carbocycles. The van der Waals surface area contributed by atoms with Crippen molar-refractivity contribution in [3.63, 3.8) is 0 Å². The number of benzene rings is 3. The number of carbonyl (C=O) groups is 2. The molecule has 1 aliphatic heterocycles. The third-order valence-corrected chi connectivity index (χ3v) is 7.07. The van der Waals surface area contributed by atoms with Gasteiger partial charge in [-0.2, -0.15) is 0 Å². The highest BCUT2D eigenvalue weighted by atomic mass is 32.2. The topological polar surface area (TPSA) is 67.9 Å². The number of anilines is 1. The minimum Gasteiger partial charge on any atom is -0.493 e. The number of thioether (sulfide) groups is 1. The zero-order valence-electron chi connectivity index (χ0n) is 19.3. The summed E-state index contributed by atoms with van der Waals surface area (Å²) < 4.78 is 10.8. The highest BCUT2D eigenvalue weighted by Crippen LogP contribution is 2.46. The number of ether oxygens (including phenoxy) is 2. The van der Waals surface area contributed by atoms with E-state index in [2.05, 4.69) is 5.32 Å². The van der Waals surface area contributed by atoms with Crippen LogP contribution in [-0.2, 0) is 16.0 Å². The molecule has 4 rings (SSSR count). The Morgan fingerprint density at radius 2 is 1.74 bits per heavy atom. The van der Waals surface area contributed by atoms with Crippen LogP contribution in [0.4, 0.5) is 5.69 Å². The lowest BCUT2D eigenvalue weighted by Crippen LogP contribution is -2.41. The van der Waals surface area contributed by atoms with E-state index in [9.17, 15) is 9.59 Å². The number of amides is 2. The molecule has 0 saturated carbocycles. The van der Waals surface area contributed by atoms with Crippen molar-refractivity contribution in [2.45, 2.75) is 23.0 Å². The van der Waals surface area contributed by atoms with E-state index in [1.54, 1.807) is 30.9 Å². The van der Waals surface area contributed by atoms with Gasteiger partial charge in [0, 0.05) is 23.1 Å². The van der Waals surface area contributed by atoms with Crippen LogP contribution in [0.2, 0.25) is 0 Å². The van der Waals surface area contributed by atoms with Gasteiger partial charge in [0.25, 0.3) is 0 Å². The van der Waals surface area contributed by atoms with E-state index >= 15 is 0 Å². The van der Waals surface area contributed by atoms with Crippen LogP contribution >= 0.6 is 11.8 Å². The Balaban J connectivity index is 1.49. The Kier molecular flexibility index (Phi) is 7.75. The number of rotatable bonds is 8. The lowest BCUT2D eigenvalue weighted by molar-refractivity contribution is -0.123. The van der Waals surface area contributed by atoms with Crippen LogP contribution in [0.25, 0.3) is 0 Å². The van der Waals surface area contributed by atoms with Crippen LogP contribution in [0.3, 0.4) is 0 Å². The molecule has 2 amide bonds. The highest BCUT2D eigenvalue weighted by Gasteiger charge is 2.30. The van der Waals surface area contributed by atoms with Crippen molar-refractivity contribution in [2.24, 2.45) is 0 Å². The standard InChI is InChI=1S/C27H28N2O4S/c1-32-22-13-12-20(16-23(22)33-2)25-17-27(31)29(21-10-6-7-11-24(21)34-25)18-26(30)28-15-14-19-8-4-3-5-9-19/h3-13,16,25H,14-15,17-18H2,1-2H3,(H,28,30)/t25-/m0/s1. The van der Waals surface area contributed by atoms with E-state index in [1.165, 1.54) is 0 Å². The Morgan fingerprint density at radius 1 is 1.00 bits per heavy atom. The smallest absolute Gasteiger partial charge is 0.240 e. The van der Waals surface area contributed by atoms with E-state index in [0.717, 1.165) is 28.1 Å². The molecule has 34 heavy (non-hydrogen) atoms. The second-order valence-electron chi connectivity index (χ2n) is 7.96. The predicted octanol–water partition coefficient (Wildman–Crippen LogP) is 4.63. The molecule has 1 atom stereocenters. The average Bonchev–Trinajstić information content (AvgIpc) is 3.00. The second kappa shape index (κ2) is 11.1. The Labute approximate surface area is 204 Å². The molecule has 0 saturated heterocycles. The van der Waals surface area contributed by atoms with E-state index < -0.39 is 0 Å². The molecule has 0 fully saturated rings. The molecular weight excluding hydrogens is 448 g/mol. The van der Waals surface area contributed by atoms with Crippen LogP contribution in [0.15, 0.2) is 77.7 Å². The molecule has 1 heterocycles. The fraction of sp³-hybridized carbons (Fsp3) is 0.259. The summed E-state index contributed by atoms with van der Waals surface area (Å²) in [5.41, 5.74) is 2.90. The Morgan fingerprint density at radius 3 is 2.50 bits per heavy atom. The Hall–Kier alpha value is -3.45. The van der Waals surface area contributed by atoms with Crippen molar-refractivity contribution in [3.8, 4) is 11.5 Å². The summed E-state index contributed by atoms with van der Waals surface area (Å²) in [6.07, 6.45) is 1.01. The molecule has 0 bridgehead atoms. The zero-order valence-corrected chi connectivity index (χ0v) is 20.1. The lowest BCUT2D eigenvalue weighted by Gasteiger charge is -2.22. The van der Waals surface area contributed by atoms with Crippen LogP contribution in [0.1, 0.15) is 22.8 Å². The monoisotopic (exact) mass is 476 g/mol. The van der Waals surface area contributed by atoms with Crippen molar-refractivity contribution >= 4 is 29.3 Å². The maximum atomic E-state index is 13.3. The summed E-state index contributed by atoms with van der Waals surface area (Å²) in [5, 5.41) is 2.84. The third kappa shape index (κ3) is 5.54. The molecule has 0 radical (unpaired) electrons. The third-order valence-electron chi connectivity index (χ3n) is 5.75. The van der Waals surface area contributed by atoms with Gasteiger partial charge in [0.1, 0.15) is 6.54 Å². The normalized spacial score (nSPS) is 15.3. The molecule has 1 aliphatic rings. The van der Waals surface area contributed by atoms with Gasteiger partial charge in [0.2, 0.25) is 11.8 Å². The van der Waals surface area contributed by atoms with E-state index in [-0.39, 0.29) is 30.0 Å². The fourth-order valence-corrected chi connectivity index (χ4v) is 5.25. The number of methoxy groups -OCH3 is 2. The van der Waals surface area contributed by atoms with Crippen molar-refractivity contribution in [1.82, 2.24) is 5.32 Å². The van der Waals surface area contributed by atoms with Crippen molar-refractivity contribution in [3.05, 3.63) is 83.9 Å². The maximum absolute atomic E-state index is 13.3. The summed E-state index contributed by atoms with van der Waals surface area (Å²) >= 11 is 1.62. The van der Waals surface area contributed by atoms with Gasteiger partial charge < -0.3 is 19.7 Å². The first-order valence-corrected chi connectivity index (χ1v) is 12.1. The molecule has 3 aromatic carbocycles. The van der Waals surface area contributed by atoms with Gasteiger partial charge in [-0.3, -0.25) is 9.59 Å².